The van der Waals surface area contributed by atoms with Gasteiger partial charge < -0.3 is 19.4 Å². The van der Waals surface area contributed by atoms with E-state index in [1.807, 2.05) is 30.3 Å². The van der Waals surface area contributed by atoms with E-state index in [1.165, 1.54) is 11.8 Å². The predicted molar refractivity (Wildman–Crippen MR) is 125 cm³/mol. The summed E-state index contributed by atoms with van der Waals surface area (Å²) in [6.45, 7) is 0. The Morgan fingerprint density at radius 3 is 2.66 bits per heavy atom. The van der Waals surface area contributed by atoms with E-state index in [1.54, 1.807) is 38.0 Å². The van der Waals surface area contributed by atoms with Gasteiger partial charge in [0.15, 0.2) is 16.7 Å². The third-order valence-electron chi connectivity index (χ3n) is 5.37. The number of rotatable bonds is 6. The molecular formula is C23H22ClN3O4S. The molecule has 3 aromatic rings. The van der Waals surface area contributed by atoms with Crippen molar-refractivity contribution in [1.82, 2.24) is 9.55 Å². The summed E-state index contributed by atoms with van der Waals surface area (Å²) in [7, 11) is 4.90. The lowest BCUT2D eigenvalue weighted by molar-refractivity contribution is -0.116. The number of nitrogens with one attached hydrogen (secondary N) is 1. The zero-order valence-electron chi connectivity index (χ0n) is 17.8. The van der Waals surface area contributed by atoms with Gasteiger partial charge in [0, 0.05) is 30.2 Å². The van der Waals surface area contributed by atoms with Gasteiger partial charge in [-0.25, -0.2) is 0 Å². The van der Waals surface area contributed by atoms with E-state index in [9.17, 15) is 9.59 Å². The van der Waals surface area contributed by atoms with Crippen LogP contribution in [0.15, 0.2) is 52.4 Å². The van der Waals surface area contributed by atoms with Crippen LogP contribution in [0.2, 0.25) is 5.02 Å². The molecule has 1 N–H and O–H groups in total. The Kier molecular flexibility index (Phi) is 6.43. The summed E-state index contributed by atoms with van der Waals surface area (Å²) in [6.07, 6.45) is 0.147. The smallest absolute Gasteiger partial charge is 0.279 e. The van der Waals surface area contributed by atoms with Gasteiger partial charge in [-0.3, -0.25) is 9.59 Å². The molecule has 1 aromatic heterocycles. The third kappa shape index (κ3) is 4.33. The van der Waals surface area contributed by atoms with E-state index < -0.39 is 5.92 Å². The molecule has 0 saturated carbocycles. The van der Waals surface area contributed by atoms with Crippen molar-refractivity contribution in [3.63, 3.8) is 0 Å². The Hall–Kier alpha value is -2.97. The molecule has 0 radical (unpaired) electrons. The number of hydrogen-bond acceptors (Lipinski definition) is 6. The Labute approximate surface area is 194 Å². The van der Waals surface area contributed by atoms with Gasteiger partial charge in [0.2, 0.25) is 5.91 Å². The highest BCUT2D eigenvalue weighted by Gasteiger charge is 2.32. The number of methoxy groups -OCH3 is 2. The first-order valence-corrected chi connectivity index (χ1v) is 11.3. The SMILES string of the molecule is COc1ccc([C@@H]2CC(=O)Nc3c2c(=O)nc(SCc2cccc(Cl)c2)n3C)cc1OC. The first kappa shape index (κ1) is 22.2. The van der Waals surface area contributed by atoms with Gasteiger partial charge in [-0.05, 0) is 35.4 Å². The van der Waals surface area contributed by atoms with Crippen LogP contribution in [-0.2, 0) is 17.6 Å². The number of fused-ring (bicyclic) bond motifs is 1. The Bertz CT molecular complexity index is 1240. The lowest BCUT2D eigenvalue weighted by atomic mass is 9.86. The molecule has 1 aliphatic heterocycles. The van der Waals surface area contributed by atoms with Crippen molar-refractivity contribution >= 4 is 35.1 Å². The molecule has 0 unspecified atom stereocenters. The molecule has 2 heterocycles. The number of thioether (sulfide) groups is 1. The van der Waals surface area contributed by atoms with Crippen molar-refractivity contribution in [3.8, 4) is 11.5 Å². The predicted octanol–water partition coefficient (Wildman–Crippen LogP) is 4.22. The summed E-state index contributed by atoms with van der Waals surface area (Å²) in [4.78, 5) is 30.0. The van der Waals surface area contributed by atoms with Gasteiger partial charge in [-0.15, -0.1) is 0 Å². The molecule has 166 valence electrons. The molecule has 1 amide bonds. The number of benzene rings is 2. The molecule has 0 aliphatic carbocycles. The molecule has 9 heteroatoms. The maximum atomic E-state index is 13.1. The van der Waals surface area contributed by atoms with Gasteiger partial charge in [-0.2, -0.15) is 4.98 Å². The lowest BCUT2D eigenvalue weighted by Crippen LogP contribution is -2.33. The Morgan fingerprint density at radius 2 is 1.94 bits per heavy atom. The number of hydrogen-bond donors (Lipinski definition) is 1. The summed E-state index contributed by atoms with van der Waals surface area (Å²) in [6, 6.07) is 12.9. The minimum atomic E-state index is -0.434. The molecule has 0 spiro atoms. The van der Waals surface area contributed by atoms with Crippen LogP contribution in [0.3, 0.4) is 0 Å². The monoisotopic (exact) mass is 471 g/mol. The van der Waals surface area contributed by atoms with Crippen molar-refractivity contribution in [2.24, 2.45) is 7.05 Å². The fourth-order valence-corrected chi connectivity index (χ4v) is 4.91. The van der Waals surface area contributed by atoms with Crippen molar-refractivity contribution in [3.05, 3.63) is 74.5 Å². The zero-order valence-corrected chi connectivity index (χ0v) is 19.4. The highest BCUT2D eigenvalue weighted by molar-refractivity contribution is 7.98. The summed E-state index contributed by atoms with van der Waals surface area (Å²) in [5.74, 6) is 1.58. The second-order valence-electron chi connectivity index (χ2n) is 7.36. The van der Waals surface area contributed by atoms with Crippen LogP contribution in [-0.4, -0.2) is 29.7 Å². The van der Waals surface area contributed by atoms with Gasteiger partial charge in [0.1, 0.15) is 5.82 Å². The average Bonchev–Trinajstić information content (AvgIpc) is 2.79. The topological polar surface area (TPSA) is 82.5 Å². The molecule has 0 bridgehead atoms. The standard InChI is InChI=1S/C23H22ClN3O4S/c1-27-21-20(22(29)26-23(27)32-12-13-5-4-6-15(24)9-13)16(11-19(28)25-21)14-7-8-17(30-2)18(10-14)31-3/h4-10,16H,11-12H2,1-3H3,(H,25,28)/t16-/m0/s1. The van der Waals surface area contributed by atoms with E-state index in [2.05, 4.69) is 10.3 Å². The van der Waals surface area contributed by atoms with Crippen LogP contribution >= 0.6 is 23.4 Å². The number of amides is 1. The van der Waals surface area contributed by atoms with Crippen molar-refractivity contribution in [1.29, 1.82) is 0 Å². The summed E-state index contributed by atoms with van der Waals surface area (Å²) in [5, 5.41) is 4.03. The molecule has 4 rings (SSSR count). The highest BCUT2D eigenvalue weighted by Crippen LogP contribution is 2.39. The van der Waals surface area contributed by atoms with Crippen LogP contribution in [0, 0.1) is 0 Å². The largest absolute Gasteiger partial charge is 0.493 e. The number of nitrogens with zero attached hydrogens (tertiary/aromatic N) is 2. The van der Waals surface area contributed by atoms with E-state index >= 15 is 0 Å². The maximum absolute atomic E-state index is 13.1. The second-order valence-corrected chi connectivity index (χ2v) is 8.74. The van der Waals surface area contributed by atoms with Gasteiger partial charge in [0.25, 0.3) is 5.56 Å². The van der Waals surface area contributed by atoms with Gasteiger partial charge in [-0.1, -0.05) is 41.6 Å². The van der Waals surface area contributed by atoms with Gasteiger partial charge in [0.05, 0.1) is 19.8 Å². The van der Waals surface area contributed by atoms with Crippen LogP contribution < -0.4 is 20.3 Å². The minimum absolute atomic E-state index is 0.147. The summed E-state index contributed by atoms with van der Waals surface area (Å²) < 4.78 is 12.5. The van der Waals surface area contributed by atoms with E-state index in [-0.39, 0.29) is 17.9 Å². The van der Waals surface area contributed by atoms with Crippen LogP contribution in [0.4, 0.5) is 5.82 Å². The second kappa shape index (κ2) is 9.26. The first-order valence-electron chi connectivity index (χ1n) is 9.91. The molecule has 1 aliphatic rings. The molecular weight excluding hydrogens is 450 g/mol. The fourth-order valence-electron chi connectivity index (χ4n) is 3.79. The fraction of sp³-hybridized carbons (Fsp3) is 0.261. The number of carbonyl (C=O) groups is 1. The van der Waals surface area contributed by atoms with E-state index in [0.717, 1.165) is 11.1 Å². The Balaban J connectivity index is 1.72. The molecule has 32 heavy (non-hydrogen) atoms. The lowest BCUT2D eigenvalue weighted by Gasteiger charge is -2.28. The minimum Gasteiger partial charge on any atom is -0.493 e. The van der Waals surface area contributed by atoms with Crippen LogP contribution in [0.5, 0.6) is 11.5 Å². The summed E-state index contributed by atoms with van der Waals surface area (Å²) >= 11 is 7.47. The normalized spacial score (nSPS) is 15.1. The maximum Gasteiger partial charge on any atom is 0.279 e. The highest BCUT2D eigenvalue weighted by atomic mass is 35.5. The number of carbonyl (C=O) groups excluding carboxylic acids is 1. The van der Waals surface area contributed by atoms with E-state index in [4.69, 9.17) is 21.1 Å². The molecule has 7 nitrogen and oxygen atoms in total. The molecule has 1 atom stereocenters. The van der Waals surface area contributed by atoms with Crippen molar-refractivity contribution in [2.75, 3.05) is 19.5 Å². The first-order chi connectivity index (χ1) is 15.4. The molecule has 2 aromatic carbocycles. The van der Waals surface area contributed by atoms with Crippen LogP contribution in [0.25, 0.3) is 0 Å². The van der Waals surface area contributed by atoms with Crippen LogP contribution in [0.1, 0.15) is 29.0 Å². The number of anilines is 1. The quantitative estimate of drug-likeness (QED) is 0.428. The number of aromatic nitrogens is 2. The van der Waals surface area contributed by atoms with Crippen molar-refractivity contribution < 1.29 is 14.3 Å². The van der Waals surface area contributed by atoms with E-state index in [0.29, 0.717) is 38.8 Å². The number of halogens is 1. The van der Waals surface area contributed by atoms with Gasteiger partial charge >= 0.3 is 0 Å². The zero-order chi connectivity index (χ0) is 22.8. The molecule has 0 fully saturated rings. The van der Waals surface area contributed by atoms with Crippen molar-refractivity contribution in [2.45, 2.75) is 23.2 Å². The summed E-state index contributed by atoms with van der Waals surface area (Å²) in [5.41, 5.74) is 1.91. The average molecular weight is 472 g/mol. The number of ether oxygens (including phenoxy) is 2. The Morgan fingerprint density at radius 1 is 1.16 bits per heavy atom. The third-order valence-corrected chi connectivity index (χ3v) is 6.70. The molecule has 0 saturated heterocycles.